The summed E-state index contributed by atoms with van der Waals surface area (Å²) in [4.78, 5) is 26.5. The lowest BCUT2D eigenvalue weighted by Gasteiger charge is -2.50. The number of benzene rings is 1. The number of ether oxygens (including phenoxy) is 1. The Bertz CT molecular complexity index is 910. The van der Waals surface area contributed by atoms with Gasteiger partial charge in [0.05, 0.1) is 11.7 Å². The van der Waals surface area contributed by atoms with Crippen molar-refractivity contribution in [2.75, 3.05) is 0 Å². The number of fused-ring (bicyclic) bond motifs is 3. The van der Waals surface area contributed by atoms with Gasteiger partial charge in [-0.25, -0.2) is 0 Å². The number of Topliss-reactive ketones (excluding diaryl/α,β-unsaturated/α-hetero) is 2. The molecule has 0 spiro atoms. The lowest BCUT2D eigenvalue weighted by atomic mass is 9.61. The third kappa shape index (κ3) is 2.35. The zero-order chi connectivity index (χ0) is 19.8. The Hall–Kier alpha value is -2.34. The molecular formula is C21H24O6. The van der Waals surface area contributed by atoms with Gasteiger partial charge in [-0.2, -0.15) is 0 Å². The van der Waals surface area contributed by atoms with Crippen LogP contribution in [0, 0.1) is 24.7 Å². The van der Waals surface area contributed by atoms with Crippen molar-refractivity contribution in [2.24, 2.45) is 17.8 Å². The molecule has 2 aliphatic carbocycles. The van der Waals surface area contributed by atoms with Gasteiger partial charge in [0.1, 0.15) is 17.1 Å². The molecule has 1 saturated carbocycles. The van der Waals surface area contributed by atoms with Gasteiger partial charge in [-0.3, -0.25) is 9.59 Å². The summed E-state index contributed by atoms with van der Waals surface area (Å²) in [5, 5.41) is 30.8. The first-order chi connectivity index (χ1) is 12.5. The van der Waals surface area contributed by atoms with Crippen LogP contribution in [0.4, 0.5) is 0 Å². The van der Waals surface area contributed by atoms with Crippen LogP contribution in [0.2, 0.25) is 0 Å². The van der Waals surface area contributed by atoms with E-state index in [1.807, 2.05) is 20.8 Å². The number of ketones is 2. The average molecular weight is 372 g/mol. The largest absolute Gasteiger partial charge is 0.508 e. The normalized spacial score (nSPS) is 31.7. The Morgan fingerprint density at radius 2 is 1.81 bits per heavy atom. The van der Waals surface area contributed by atoms with E-state index in [-0.39, 0.29) is 57.5 Å². The average Bonchev–Trinajstić information content (AvgIpc) is 2.58. The number of rotatable bonds is 0. The van der Waals surface area contributed by atoms with Crippen LogP contribution in [-0.4, -0.2) is 38.6 Å². The van der Waals surface area contributed by atoms with Gasteiger partial charge in [0, 0.05) is 22.6 Å². The molecule has 0 saturated heterocycles. The molecule has 1 aromatic carbocycles. The summed E-state index contributed by atoms with van der Waals surface area (Å²) in [7, 11) is 0. The number of hydrogen-bond acceptors (Lipinski definition) is 6. The standard InChI is InChI=1S/C21H24O6/c1-8-5-10-12(7-13(8)22)21(3,4)27-20-16(10)18(25)11-6-14(23)9(2)17(24)15(11)19(20)26/h6,8,10,12-13,22-24H,5,7H2,1-4H3/t8-,10?,12?,13+/m1/s1. The second-order valence-electron chi connectivity index (χ2n) is 8.63. The number of aromatic hydroxyl groups is 2. The molecule has 3 aliphatic rings. The number of phenols is 2. The maximum Gasteiger partial charge on any atom is 0.232 e. The molecular weight excluding hydrogens is 348 g/mol. The third-order valence-corrected chi connectivity index (χ3v) is 6.59. The van der Waals surface area contributed by atoms with Crippen molar-refractivity contribution in [2.45, 2.75) is 52.2 Å². The van der Waals surface area contributed by atoms with Crippen molar-refractivity contribution in [3.05, 3.63) is 34.1 Å². The van der Waals surface area contributed by atoms with E-state index in [0.29, 0.717) is 18.4 Å². The quantitative estimate of drug-likeness (QED) is 0.647. The number of carbonyl (C=O) groups is 2. The van der Waals surface area contributed by atoms with Crippen molar-refractivity contribution in [1.82, 2.24) is 0 Å². The minimum atomic E-state index is -0.723. The zero-order valence-electron chi connectivity index (χ0n) is 15.9. The van der Waals surface area contributed by atoms with Crippen LogP contribution in [0.15, 0.2) is 17.4 Å². The number of hydrogen-bond donors (Lipinski definition) is 3. The predicted molar refractivity (Wildman–Crippen MR) is 96.7 cm³/mol. The van der Waals surface area contributed by atoms with Crippen molar-refractivity contribution in [3.63, 3.8) is 0 Å². The van der Waals surface area contributed by atoms with Crippen LogP contribution < -0.4 is 0 Å². The minimum absolute atomic E-state index is 0.00183. The summed E-state index contributed by atoms with van der Waals surface area (Å²) in [6, 6.07) is 1.25. The third-order valence-electron chi connectivity index (χ3n) is 6.59. The summed E-state index contributed by atoms with van der Waals surface area (Å²) in [5.74, 6) is -1.83. The second kappa shape index (κ2) is 5.58. The van der Waals surface area contributed by atoms with Gasteiger partial charge in [-0.05, 0) is 51.5 Å². The molecule has 0 bridgehead atoms. The Balaban J connectivity index is 1.92. The molecule has 1 heterocycles. The molecule has 27 heavy (non-hydrogen) atoms. The van der Waals surface area contributed by atoms with Crippen LogP contribution in [0.5, 0.6) is 11.5 Å². The molecule has 1 aliphatic heterocycles. The summed E-state index contributed by atoms with van der Waals surface area (Å²) < 4.78 is 6.02. The molecule has 1 aromatic rings. The smallest absolute Gasteiger partial charge is 0.232 e. The molecule has 6 heteroatoms. The number of aliphatic hydroxyl groups is 1. The Morgan fingerprint density at radius 3 is 2.48 bits per heavy atom. The van der Waals surface area contributed by atoms with Gasteiger partial charge in [-0.1, -0.05) is 6.92 Å². The summed E-state index contributed by atoms with van der Waals surface area (Å²) in [6.45, 7) is 7.16. The molecule has 1 fully saturated rings. The zero-order valence-corrected chi connectivity index (χ0v) is 15.9. The van der Waals surface area contributed by atoms with E-state index in [2.05, 4.69) is 0 Å². The Labute approximate surface area is 157 Å². The van der Waals surface area contributed by atoms with Gasteiger partial charge in [0.25, 0.3) is 0 Å². The van der Waals surface area contributed by atoms with Gasteiger partial charge in [0.15, 0.2) is 11.5 Å². The number of allylic oxidation sites excluding steroid dienone is 2. The van der Waals surface area contributed by atoms with Crippen LogP contribution in [0.3, 0.4) is 0 Å². The van der Waals surface area contributed by atoms with Crippen molar-refractivity contribution < 1.29 is 29.6 Å². The van der Waals surface area contributed by atoms with Gasteiger partial charge in [0.2, 0.25) is 5.78 Å². The van der Waals surface area contributed by atoms with Gasteiger partial charge >= 0.3 is 0 Å². The van der Waals surface area contributed by atoms with E-state index in [9.17, 15) is 24.9 Å². The SMILES string of the molecule is Cc1c(O)cc2c(c1O)C(=O)C1=C(C2=O)C2C[C@@H](C)[C@@H](O)CC2C(C)(C)O1. The maximum absolute atomic E-state index is 13.3. The highest BCUT2D eigenvalue weighted by atomic mass is 16.5. The molecule has 4 atom stereocenters. The fraction of sp³-hybridized carbons (Fsp3) is 0.524. The molecule has 2 unspecified atom stereocenters. The highest BCUT2D eigenvalue weighted by Gasteiger charge is 2.54. The minimum Gasteiger partial charge on any atom is -0.508 e. The second-order valence-corrected chi connectivity index (χ2v) is 8.63. The first-order valence-corrected chi connectivity index (χ1v) is 9.30. The molecule has 3 N–H and O–H groups in total. The lowest BCUT2D eigenvalue weighted by molar-refractivity contribution is -0.0966. The van der Waals surface area contributed by atoms with E-state index >= 15 is 0 Å². The fourth-order valence-electron chi connectivity index (χ4n) is 4.89. The van der Waals surface area contributed by atoms with E-state index < -0.39 is 17.5 Å². The van der Waals surface area contributed by atoms with E-state index in [1.165, 1.54) is 13.0 Å². The monoisotopic (exact) mass is 372 g/mol. The number of phenolic OH excluding ortho intramolecular Hbond substituents is 2. The highest BCUT2D eigenvalue weighted by Crippen LogP contribution is 2.53. The maximum atomic E-state index is 13.3. The van der Waals surface area contributed by atoms with E-state index in [0.717, 1.165) is 0 Å². The van der Waals surface area contributed by atoms with E-state index in [1.54, 1.807) is 0 Å². The predicted octanol–water partition coefficient (Wildman–Crippen LogP) is 2.87. The molecule has 6 nitrogen and oxygen atoms in total. The topological polar surface area (TPSA) is 104 Å². The summed E-state index contributed by atoms with van der Waals surface area (Å²) in [5.41, 5.74) is -0.341. The molecule has 0 amide bonds. The fourth-order valence-corrected chi connectivity index (χ4v) is 4.89. The van der Waals surface area contributed by atoms with Gasteiger partial charge < -0.3 is 20.1 Å². The van der Waals surface area contributed by atoms with Crippen molar-refractivity contribution in [3.8, 4) is 11.5 Å². The van der Waals surface area contributed by atoms with Crippen LogP contribution in [0.25, 0.3) is 0 Å². The van der Waals surface area contributed by atoms with Gasteiger partial charge in [-0.15, -0.1) is 0 Å². The van der Waals surface area contributed by atoms with Crippen LogP contribution in [-0.2, 0) is 4.74 Å². The first kappa shape index (κ1) is 18.0. The van der Waals surface area contributed by atoms with E-state index in [4.69, 9.17) is 4.74 Å². The van der Waals surface area contributed by atoms with Crippen molar-refractivity contribution >= 4 is 11.6 Å². The lowest BCUT2D eigenvalue weighted by Crippen LogP contribution is -2.52. The molecule has 144 valence electrons. The van der Waals surface area contributed by atoms with Crippen LogP contribution in [0.1, 0.15) is 59.9 Å². The van der Waals surface area contributed by atoms with Crippen LogP contribution >= 0.6 is 0 Å². The highest BCUT2D eigenvalue weighted by molar-refractivity contribution is 6.27. The summed E-state index contributed by atoms with van der Waals surface area (Å²) in [6.07, 6.45) is 0.595. The number of aliphatic hydroxyl groups excluding tert-OH is 1. The molecule has 4 rings (SSSR count). The molecule has 0 radical (unpaired) electrons. The van der Waals surface area contributed by atoms with Crippen molar-refractivity contribution in [1.29, 1.82) is 0 Å². The Kier molecular flexibility index (Phi) is 3.73. The first-order valence-electron chi connectivity index (χ1n) is 9.30. The number of carbonyl (C=O) groups excluding carboxylic acids is 2. The summed E-state index contributed by atoms with van der Waals surface area (Å²) >= 11 is 0. The molecule has 0 aromatic heterocycles. The Morgan fingerprint density at radius 1 is 1.15 bits per heavy atom.